The molecule has 7 heteroatoms. The highest BCUT2D eigenvalue weighted by molar-refractivity contribution is 7.90. The summed E-state index contributed by atoms with van der Waals surface area (Å²) in [5.74, 6) is 0.736. The van der Waals surface area contributed by atoms with Crippen molar-refractivity contribution >= 4 is 21.4 Å². The van der Waals surface area contributed by atoms with Gasteiger partial charge in [0.1, 0.15) is 11.5 Å². The molecule has 0 unspecified atom stereocenters. The van der Waals surface area contributed by atoms with E-state index < -0.39 is 9.84 Å². The SMILES string of the molecule is COc1cc(NC(=O)c2ccc(S(C)(=O)=O)cc2)cc(OC)c1. The fraction of sp³-hybridized carbons (Fsp3) is 0.188. The maximum absolute atomic E-state index is 12.2. The highest BCUT2D eigenvalue weighted by Gasteiger charge is 2.11. The smallest absolute Gasteiger partial charge is 0.255 e. The van der Waals surface area contributed by atoms with Gasteiger partial charge in [-0.05, 0) is 24.3 Å². The number of hydrogen-bond donors (Lipinski definition) is 1. The summed E-state index contributed by atoms with van der Waals surface area (Å²) in [7, 11) is -0.251. The van der Waals surface area contributed by atoms with E-state index in [-0.39, 0.29) is 10.8 Å². The van der Waals surface area contributed by atoms with Crippen LogP contribution in [-0.4, -0.2) is 34.8 Å². The van der Waals surface area contributed by atoms with Gasteiger partial charge in [-0.3, -0.25) is 4.79 Å². The van der Waals surface area contributed by atoms with Crippen LogP contribution in [0.4, 0.5) is 5.69 Å². The van der Waals surface area contributed by atoms with Crippen LogP contribution in [0.25, 0.3) is 0 Å². The quantitative estimate of drug-likeness (QED) is 0.907. The lowest BCUT2D eigenvalue weighted by Crippen LogP contribution is -2.12. The number of rotatable bonds is 5. The van der Waals surface area contributed by atoms with E-state index in [4.69, 9.17) is 9.47 Å². The number of amides is 1. The van der Waals surface area contributed by atoms with Gasteiger partial charge in [-0.2, -0.15) is 0 Å². The summed E-state index contributed by atoms with van der Waals surface area (Å²) in [5, 5.41) is 2.72. The van der Waals surface area contributed by atoms with Gasteiger partial charge in [-0.25, -0.2) is 8.42 Å². The van der Waals surface area contributed by atoms with Crippen molar-refractivity contribution in [3.63, 3.8) is 0 Å². The standard InChI is InChI=1S/C16H17NO5S/c1-21-13-8-12(9-14(10-13)22-2)17-16(18)11-4-6-15(7-5-11)23(3,19)20/h4-10H,1-3H3,(H,17,18). The number of hydrogen-bond acceptors (Lipinski definition) is 5. The zero-order valence-corrected chi connectivity index (χ0v) is 13.8. The molecule has 23 heavy (non-hydrogen) atoms. The minimum atomic E-state index is -3.29. The second kappa shape index (κ2) is 6.70. The molecule has 1 N–H and O–H groups in total. The molecule has 0 heterocycles. The number of ether oxygens (including phenoxy) is 2. The second-order valence-electron chi connectivity index (χ2n) is 4.85. The lowest BCUT2D eigenvalue weighted by atomic mass is 10.2. The van der Waals surface area contributed by atoms with Crippen molar-refractivity contribution in [2.24, 2.45) is 0 Å². The molecule has 1 amide bonds. The van der Waals surface area contributed by atoms with Gasteiger partial charge in [-0.15, -0.1) is 0 Å². The van der Waals surface area contributed by atoms with E-state index in [2.05, 4.69) is 5.32 Å². The minimum Gasteiger partial charge on any atom is -0.497 e. The number of anilines is 1. The Morgan fingerprint density at radius 1 is 0.957 bits per heavy atom. The predicted molar refractivity (Wildman–Crippen MR) is 87.1 cm³/mol. The van der Waals surface area contributed by atoms with Crippen LogP contribution in [0.5, 0.6) is 11.5 Å². The lowest BCUT2D eigenvalue weighted by Gasteiger charge is -2.10. The third-order valence-electron chi connectivity index (χ3n) is 3.15. The molecular weight excluding hydrogens is 318 g/mol. The molecule has 0 radical (unpaired) electrons. The molecular formula is C16H17NO5S. The van der Waals surface area contributed by atoms with Crippen molar-refractivity contribution in [1.29, 1.82) is 0 Å². The molecule has 2 aromatic rings. The maximum Gasteiger partial charge on any atom is 0.255 e. The molecule has 0 saturated carbocycles. The molecule has 0 spiro atoms. The van der Waals surface area contributed by atoms with Gasteiger partial charge in [0.15, 0.2) is 9.84 Å². The first-order valence-corrected chi connectivity index (χ1v) is 8.57. The summed E-state index contributed by atoms with van der Waals surface area (Å²) >= 11 is 0. The number of carbonyl (C=O) groups is 1. The van der Waals surface area contributed by atoms with E-state index in [1.165, 1.54) is 38.5 Å². The van der Waals surface area contributed by atoms with Gasteiger partial charge in [0.05, 0.1) is 19.1 Å². The molecule has 0 fully saturated rings. The first-order chi connectivity index (χ1) is 10.8. The number of methoxy groups -OCH3 is 2. The van der Waals surface area contributed by atoms with Crippen molar-refractivity contribution in [2.45, 2.75) is 4.90 Å². The fourth-order valence-corrected chi connectivity index (χ4v) is 2.57. The van der Waals surface area contributed by atoms with Crippen LogP contribution in [0.15, 0.2) is 47.4 Å². The van der Waals surface area contributed by atoms with Crippen LogP contribution in [0.2, 0.25) is 0 Å². The van der Waals surface area contributed by atoms with Gasteiger partial charge < -0.3 is 14.8 Å². The Bertz CT molecular complexity index is 791. The van der Waals surface area contributed by atoms with E-state index in [1.807, 2.05) is 0 Å². The molecule has 122 valence electrons. The van der Waals surface area contributed by atoms with Crippen molar-refractivity contribution in [3.05, 3.63) is 48.0 Å². The van der Waals surface area contributed by atoms with Crippen molar-refractivity contribution in [3.8, 4) is 11.5 Å². The van der Waals surface area contributed by atoms with E-state index >= 15 is 0 Å². The van der Waals surface area contributed by atoms with Crippen LogP contribution in [0, 0.1) is 0 Å². The Balaban J connectivity index is 2.22. The van der Waals surface area contributed by atoms with Gasteiger partial charge >= 0.3 is 0 Å². The summed E-state index contributed by atoms with van der Waals surface area (Å²) < 4.78 is 33.1. The van der Waals surface area contributed by atoms with E-state index in [1.54, 1.807) is 18.2 Å². The molecule has 0 atom stereocenters. The lowest BCUT2D eigenvalue weighted by molar-refractivity contribution is 0.102. The monoisotopic (exact) mass is 335 g/mol. The Morgan fingerprint density at radius 3 is 1.91 bits per heavy atom. The third kappa shape index (κ3) is 4.23. The van der Waals surface area contributed by atoms with E-state index in [9.17, 15) is 13.2 Å². The first-order valence-electron chi connectivity index (χ1n) is 6.68. The van der Waals surface area contributed by atoms with E-state index in [0.717, 1.165) is 6.26 Å². The molecule has 2 aromatic carbocycles. The molecule has 0 aliphatic rings. The summed E-state index contributed by atoms with van der Waals surface area (Å²) in [6.45, 7) is 0. The molecule has 0 aliphatic carbocycles. The Morgan fingerprint density at radius 2 is 1.48 bits per heavy atom. The second-order valence-corrected chi connectivity index (χ2v) is 6.87. The maximum atomic E-state index is 12.2. The number of benzene rings is 2. The highest BCUT2D eigenvalue weighted by Crippen LogP contribution is 2.26. The van der Waals surface area contributed by atoms with Gasteiger partial charge in [0, 0.05) is 35.7 Å². The number of carbonyl (C=O) groups excluding carboxylic acids is 1. The number of sulfone groups is 1. The molecule has 0 aliphatic heterocycles. The molecule has 0 saturated heterocycles. The van der Waals surface area contributed by atoms with Crippen LogP contribution in [0.1, 0.15) is 10.4 Å². The summed E-state index contributed by atoms with van der Waals surface area (Å²) in [6, 6.07) is 10.7. The molecule has 2 rings (SSSR count). The zero-order chi connectivity index (χ0) is 17.0. The van der Waals surface area contributed by atoms with Gasteiger partial charge in [-0.1, -0.05) is 0 Å². The normalized spacial score (nSPS) is 10.9. The predicted octanol–water partition coefficient (Wildman–Crippen LogP) is 2.36. The summed E-state index contributed by atoms with van der Waals surface area (Å²) in [5.41, 5.74) is 0.859. The largest absolute Gasteiger partial charge is 0.497 e. The number of nitrogens with one attached hydrogen (secondary N) is 1. The molecule has 0 aromatic heterocycles. The van der Waals surface area contributed by atoms with Crippen molar-refractivity contribution in [1.82, 2.24) is 0 Å². The van der Waals surface area contributed by atoms with E-state index in [0.29, 0.717) is 22.7 Å². The highest BCUT2D eigenvalue weighted by atomic mass is 32.2. The average molecular weight is 335 g/mol. The first kappa shape index (κ1) is 16.8. The Labute approximate surface area is 135 Å². The van der Waals surface area contributed by atoms with Crippen LogP contribution in [-0.2, 0) is 9.84 Å². The third-order valence-corrected chi connectivity index (χ3v) is 4.28. The summed E-state index contributed by atoms with van der Waals surface area (Å²) in [4.78, 5) is 12.4. The zero-order valence-electron chi connectivity index (χ0n) is 13.0. The Kier molecular flexibility index (Phi) is 4.90. The molecule has 6 nitrogen and oxygen atoms in total. The minimum absolute atomic E-state index is 0.164. The van der Waals surface area contributed by atoms with Gasteiger partial charge in [0.25, 0.3) is 5.91 Å². The Hall–Kier alpha value is -2.54. The van der Waals surface area contributed by atoms with Gasteiger partial charge in [0.2, 0.25) is 0 Å². The van der Waals surface area contributed by atoms with Crippen LogP contribution >= 0.6 is 0 Å². The average Bonchev–Trinajstić information content (AvgIpc) is 2.53. The van der Waals surface area contributed by atoms with Crippen molar-refractivity contribution in [2.75, 3.05) is 25.8 Å². The summed E-state index contributed by atoms with van der Waals surface area (Å²) in [6.07, 6.45) is 1.12. The fourth-order valence-electron chi connectivity index (χ4n) is 1.94. The van der Waals surface area contributed by atoms with Crippen molar-refractivity contribution < 1.29 is 22.7 Å². The van der Waals surface area contributed by atoms with Crippen LogP contribution in [0.3, 0.4) is 0 Å². The molecule has 0 bridgehead atoms. The topological polar surface area (TPSA) is 81.7 Å². The van der Waals surface area contributed by atoms with Crippen LogP contribution < -0.4 is 14.8 Å².